The molecule has 1 amide bonds. The SMILES string of the molecule is O=C(OCC(=O)N1N=C2C(=Cc3ccco3)CCCC2C1c1ccco1)c1ccccc1OCc1ccccc1. The molecule has 3 heterocycles. The van der Waals surface area contributed by atoms with E-state index in [-0.39, 0.29) is 11.5 Å². The molecule has 2 aromatic carbocycles. The van der Waals surface area contributed by atoms with Gasteiger partial charge in [-0.1, -0.05) is 42.5 Å². The first-order valence-electron chi connectivity index (χ1n) is 13.3. The largest absolute Gasteiger partial charge is 0.488 e. The van der Waals surface area contributed by atoms with E-state index < -0.39 is 24.5 Å². The lowest BCUT2D eigenvalue weighted by atomic mass is 9.79. The number of carbonyl (C=O) groups excluding carboxylic acids is 2. The second kappa shape index (κ2) is 11.5. The van der Waals surface area contributed by atoms with E-state index in [9.17, 15) is 9.59 Å². The molecule has 1 aliphatic heterocycles. The smallest absolute Gasteiger partial charge is 0.342 e. The number of rotatable bonds is 8. The zero-order chi connectivity index (χ0) is 27.3. The third-order valence-electron chi connectivity index (χ3n) is 7.12. The lowest BCUT2D eigenvalue weighted by Gasteiger charge is -2.27. The maximum atomic E-state index is 13.5. The molecule has 202 valence electrons. The minimum absolute atomic E-state index is 0.0344. The molecule has 0 spiro atoms. The van der Waals surface area contributed by atoms with E-state index in [4.69, 9.17) is 23.4 Å². The minimum atomic E-state index is -0.644. The standard InChI is InChI=1S/C32H28N2O6/c35-29(21-40-32(36)25-13-4-5-15-27(25)39-20-22-9-2-1-3-10-22)34-31(28-16-8-18-38-28)26-14-6-11-23(30(26)33-34)19-24-12-7-17-37-24/h1-5,7-10,12-13,15-19,26,31H,6,11,14,20-21H2. The number of allylic oxidation sites excluding steroid dienone is 1. The minimum Gasteiger partial charge on any atom is -0.488 e. The van der Waals surface area contributed by atoms with Crippen LogP contribution in [0.4, 0.5) is 0 Å². The van der Waals surface area contributed by atoms with Crippen LogP contribution < -0.4 is 4.74 Å². The van der Waals surface area contributed by atoms with E-state index in [0.717, 1.165) is 41.9 Å². The summed E-state index contributed by atoms with van der Waals surface area (Å²) < 4.78 is 22.6. The zero-order valence-corrected chi connectivity index (χ0v) is 21.8. The topological polar surface area (TPSA) is 94.5 Å². The number of carbonyl (C=O) groups is 2. The molecule has 1 saturated carbocycles. The fourth-order valence-electron chi connectivity index (χ4n) is 5.26. The summed E-state index contributed by atoms with van der Waals surface area (Å²) in [7, 11) is 0. The van der Waals surface area contributed by atoms with Crippen LogP contribution in [-0.2, 0) is 16.1 Å². The Morgan fingerprint density at radius 2 is 1.75 bits per heavy atom. The van der Waals surface area contributed by atoms with Crippen molar-refractivity contribution in [1.29, 1.82) is 0 Å². The van der Waals surface area contributed by atoms with Crippen LogP contribution >= 0.6 is 0 Å². The summed E-state index contributed by atoms with van der Waals surface area (Å²) in [5.74, 6) is 0.651. The lowest BCUT2D eigenvalue weighted by molar-refractivity contribution is -0.137. The van der Waals surface area contributed by atoms with Crippen LogP contribution in [0.25, 0.3) is 6.08 Å². The van der Waals surface area contributed by atoms with Gasteiger partial charge in [-0.3, -0.25) is 4.79 Å². The first kappa shape index (κ1) is 25.4. The van der Waals surface area contributed by atoms with E-state index in [1.165, 1.54) is 5.01 Å². The van der Waals surface area contributed by atoms with Crippen molar-refractivity contribution in [2.45, 2.75) is 31.9 Å². The molecular weight excluding hydrogens is 508 g/mol. The van der Waals surface area contributed by atoms with Crippen molar-refractivity contribution in [3.05, 3.63) is 120 Å². The number of ether oxygens (including phenoxy) is 2. The monoisotopic (exact) mass is 536 g/mol. The molecule has 2 atom stereocenters. The van der Waals surface area contributed by atoms with Gasteiger partial charge in [0.05, 0.1) is 18.2 Å². The number of para-hydroxylation sites is 1. The third kappa shape index (κ3) is 5.33. The highest BCUT2D eigenvalue weighted by Gasteiger charge is 2.45. The number of hydrogen-bond donors (Lipinski definition) is 0. The number of benzene rings is 2. The summed E-state index contributed by atoms with van der Waals surface area (Å²) in [4.78, 5) is 26.5. The molecule has 2 aromatic heterocycles. The first-order valence-corrected chi connectivity index (χ1v) is 13.3. The van der Waals surface area contributed by atoms with Crippen molar-refractivity contribution in [3.63, 3.8) is 0 Å². The molecule has 8 heteroatoms. The van der Waals surface area contributed by atoms with Gasteiger partial charge in [-0.25, -0.2) is 9.80 Å². The number of nitrogens with zero attached hydrogens (tertiary/aromatic N) is 2. The van der Waals surface area contributed by atoms with Crippen LogP contribution in [0.1, 0.15) is 52.7 Å². The molecule has 1 fully saturated rings. The fraction of sp³-hybridized carbons (Fsp3) is 0.219. The third-order valence-corrected chi connectivity index (χ3v) is 7.12. The highest BCUT2D eigenvalue weighted by Crippen LogP contribution is 2.44. The number of amides is 1. The predicted octanol–water partition coefficient (Wildman–Crippen LogP) is 6.43. The molecule has 4 aromatic rings. The lowest BCUT2D eigenvalue weighted by Crippen LogP contribution is -2.34. The molecule has 0 bridgehead atoms. The van der Waals surface area contributed by atoms with Gasteiger partial charge < -0.3 is 18.3 Å². The Labute approximate surface area is 231 Å². The van der Waals surface area contributed by atoms with Crippen LogP contribution in [0.5, 0.6) is 5.75 Å². The quantitative estimate of drug-likeness (QED) is 0.241. The average molecular weight is 537 g/mol. The molecular formula is C32H28N2O6. The highest BCUT2D eigenvalue weighted by atomic mass is 16.5. The van der Waals surface area contributed by atoms with Gasteiger partial charge in [0.15, 0.2) is 6.61 Å². The second-order valence-electron chi connectivity index (χ2n) is 9.71. The molecule has 2 unspecified atom stereocenters. The van der Waals surface area contributed by atoms with Gasteiger partial charge >= 0.3 is 5.97 Å². The maximum Gasteiger partial charge on any atom is 0.342 e. The molecule has 1 aliphatic carbocycles. The van der Waals surface area contributed by atoms with E-state index >= 15 is 0 Å². The van der Waals surface area contributed by atoms with Crippen molar-refractivity contribution in [3.8, 4) is 5.75 Å². The van der Waals surface area contributed by atoms with E-state index in [1.54, 1.807) is 42.9 Å². The van der Waals surface area contributed by atoms with Gasteiger partial charge in [-0.05, 0) is 72.9 Å². The molecule has 40 heavy (non-hydrogen) atoms. The van der Waals surface area contributed by atoms with E-state index in [1.807, 2.05) is 54.6 Å². The normalized spacial score (nSPS) is 19.2. The van der Waals surface area contributed by atoms with E-state index in [0.29, 0.717) is 18.1 Å². The van der Waals surface area contributed by atoms with Crippen LogP contribution in [0, 0.1) is 5.92 Å². The zero-order valence-electron chi connectivity index (χ0n) is 21.8. The number of hydrogen-bond acceptors (Lipinski definition) is 7. The van der Waals surface area contributed by atoms with Crippen LogP contribution in [-0.4, -0.2) is 29.2 Å². The van der Waals surface area contributed by atoms with Gasteiger partial charge in [-0.2, -0.15) is 5.10 Å². The first-order chi connectivity index (χ1) is 19.7. The number of furan rings is 2. The second-order valence-corrected chi connectivity index (χ2v) is 9.71. The Kier molecular flexibility index (Phi) is 7.30. The summed E-state index contributed by atoms with van der Waals surface area (Å²) in [6, 6.07) is 23.5. The van der Waals surface area contributed by atoms with Gasteiger partial charge in [0.1, 0.15) is 35.5 Å². The summed E-state index contributed by atoms with van der Waals surface area (Å²) in [5, 5.41) is 6.16. The van der Waals surface area contributed by atoms with Crippen molar-refractivity contribution in [2.24, 2.45) is 11.0 Å². The summed E-state index contributed by atoms with van der Waals surface area (Å²) in [6.45, 7) is -0.167. The Morgan fingerprint density at radius 3 is 2.55 bits per heavy atom. The Balaban J connectivity index is 1.19. The molecule has 2 aliphatic rings. The van der Waals surface area contributed by atoms with Gasteiger partial charge in [-0.15, -0.1) is 0 Å². The molecule has 0 N–H and O–H groups in total. The molecule has 0 radical (unpaired) electrons. The predicted molar refractivity (Wildman–Crippen MR) is 147 cm³/mol. The fourth-order valence-corrected chi connectivity index (χ4v) is 5.26. The summed E-state index contributed by atoms with van der Waals surface area (Å²) in [5.41, 5.74) is 3.08. The van der Waals surface area contributed by atoms with Crippen LogP contribution in [0.15, 0.2) is 111 Å². The van der Waals surface area contributed by atoms with E-state index in [2.05, 4.69) is 0 Å². The molecule has 0 saturated heterocycles. The maximum absolute atomic E-state index is 13.5. The van der Waals surface area contributed by atoms with Crippen molar-refractivity contribution >= 4 is 23.7 Å². The van der Waals surface area contributed by atoms with Crippen LogP contribution in [0.3, 0.4) is 0 Å². The number of hydrazone groups is 1. The highest BCUT2D eigenvalue weighted by molar-refractivity contribution is 6.08. The summed E-state index contributed by atoms with van der Waals surface area (Å²) >= 11 is 0. The number of esters is 1. The Bertz CT molecular complexity index is 1520. The Hall–Kier alpha value is -4.85. The van der Waals surface area contributed by atoms with Crippen molar-refractivity contribution in [1.82, 2.24) is 5.01 Å². The van der Waals surface area contributed by atoms with Crippen molar-refractivity contribution in [2.75, 3.05) is 6.61 Å². The molecule has 6 rings (SSSR count). The van der Waals surface area contributed by atoms with Gasteiger partial charge in [0.2, 0.25) is 0 Å². The number of fused-ring (bicyclic) bond motifs is 1. The molecule has 8 nitrogen and oxygen atoms in total. The summed E-state index contributed by atoms with van der Waals surface area (Å²) in [6.07, 6.45) is 7.83. The van der Waals surface area contributed by atoms with Crippen molar-refractivity contribution < 1.29 is 27.9 Å². The van der Waals surface area contributed by atoms with Gasteiger partial charge in [0.25, 0.3) is 5.91 Å². The van der Waals surface area contributed by atoms with Crippen LogP contribution in [0.2, 0.25) is 0 Å². The average Bonchev–Trinajstić information content (AvgIpc) is 3.77. The Morgan fingerprint density at radius 1 is 0.950 bits per heavy atom. The van der Waals surface area contributed by atoms with Gasteiger partial charge in [0, 0.05) is 5.92 Å².